The first-order chi connectivity index (χ1) is 11.2. The fourth-order valence-corrected chi connectivity index (χ4v) is 1.83. The van der Waals surface area contributed by atoms with E-state index in [0.29, 0.717) is 11.4 Å². The minimum Gasteiger partial charge on any atom is -0.512 e. The zero-order valence-electron chi connectivity index (χ0n) is 14.1. The van der Waals surface area contributed by atoms with Gasteiger partial charge in [-0.05, 0) is 39.8 Å². The molecule has 6 heteroatoms. The summed E-state index contributed by atoms with van der Waals surface area (Å²) in [6.07, 6.45) is 2.54. The lowest BCUT2D eigenvalue weighted by molar-refractivity contribution is -0.114. The molecule has 0 saturated heterocycles. The van der Waals surface area contributed by atoms with Gasteiger partial charge in [-0.15, -0.1) is 0 Å². The van der Waals surface area contributed by atoms with Crippen LogP contribution < -0.4 is 0 Å². The second-order valence-corrected chi connectivity index (χ2v) is 5.12. The molecule has 0 atom stereocenters. The van der Waals surface area contributed by atoms with Crippen LogP contribution in [0.5, 0.6) is 0 Å². The number of carbonyl (C=O) groups is 2. The molecule has 24 heavy (non-hydrogen) atoms. The van der Waals surface area contributed by atoms with E-state index in [0.717, 1.165) is 0 Å². The summed E-state index contributed by atoms with van der Waals surface area (Å²) >= 11 is 0. The predicted octanol–water partition coefficient (Wildman–Crippen LogP) is 3.93. The largest absolute Gasteiger partial charge is 0.512 e. The third kappa shape index (κ3) is 5.31. The van der Waals surface area contributed by atoms with Gasteiger partial charge in [0.05, 0.1) is 22.5 Å². The number of carbonyl (C=O) groups excluding carboxylic acids is 2. The topological polar surface area (TPSA) is 99.3 Å². The fourth-order valence-electron chi connectivity index (χ4n) is 1.83. The average Bonchev–Trinajstić information content (AvgIpc) is 2.47. The Bertz CT molecular complexity index is 698. The monoisotopic (exact) mass is 328 g/mol. The molecule has 0 spiro atoms. The standard InChI is InChI=1S/C18H20N2O4/c1-11(21)15(12(2)22)9-19-17-7-5-6-8-18(17)20-10-16(13(3)23)14(4)24/h5-10,21,23H,1-4H3. The van der Waals surface area contributed by atoms with E-state index in [1.807, 2.05) is 0 Å². The molecule has 0 aliphatic heterocycles. The number of Topliss-reactive ketones (excluding diaryl/α,β-unsaturated/α-hetero) is 2. The summed E-state index contributed by atoms with van der Waals surface area (Å²) in [5, 5.41) is 19.0. The van der Waals surface area contributed by atoms with Crippen LogP contribution in [-0.4, -0.2) is 34.2 Å². The van der Waals surface area contributed by atoms with Gasteiger partial charge in [0, 0.05) is 12.4 Å². The molecular weight excluding hydrogens is 308 g/mol. The lowest BCUT2D eigenvalue weighted by Crippen LogP contribution is -2.01. The Labute approximate surface area is 140 Å². The first-order valence-electron chi connectivity index (χ1n) is 7.22. The number of nitrogens with zero attached hydrogens (tertiary/aromatic N) is 2. The van der Waals surface area contributed by atoms with Gasteiger partial charge in [-0.3, -0.25) is 19.6 Å². The number of ketones is 2. The lowest BCUT2D eigenvalue weighted by Gasteiger charge is -2.02. The van der Waals surface area contributed by atoms with Gasteiger partial charge in [0.2, 0.25) is 0 Å². The first kappa shape index (κ1) is 19.0. The molecular formula is C18H20N2O4. The minimum atomic E-state index is -0.308. The SMILES string of the molecule is CC(=O)C(C=Nc1ccccc1N=CC(C(C)=O)=C(C)O)=C(C)O. The van der Waals surface area contributed by atoms with Gasteiger partial charge in [-0.2, -0.15) is 0 Å². The van der Waals surface area contributed by atoms with E-state index >= 15 is 0 Å². The number of aliphatic hydroxyl groups excluding tert-OH is 2. The van der Waals surface area contributed by atoms with Crippen LogP contribution in [0.2, 0.25) is 0 Å². The number of allylic oxidation sites excluding steroid dienone is 4. The van der Waals surface area contributed by atoms with E-state index in [2.05, 4.69) is 9.98 Å². The smallest absolute Gasteiger partial charge is 0.164 e. The highest BCUT2D eigenvalue weighted by Gasteiger charge is 2.07. The van der Waals surface area contributed by atoms with Crippen molar-refractivity contribution in [3.8, 4) is 0 Å². The Morgan fingerprint density at radius 2 is 1.12 bits per heavy atom. The van der Waals surface area contributed by atoms with Crippen LogP contribution >= 0.6 is 0 Å². The number of aliphatic imine (C=N–C) groups is 2. The van der Waals surface area contributed by atoms with E-state index in [1.165, 1.54) is 40.1 Å². The highest BCUT2D eigenvalue weighted by molar-refractivity contribution is 6.14. The number of benzene rings is 1. The Hall–Kier alpha value is -3.02. The third-order valence-electron chi connectivity index (χ3n) is 3.09. The molecule has 1 aromatic rings. The van der Waals surface area contributed by atoms with Gasteiger partial charge >= 0.3 is 0 Å². The summed E-state index contributed by atoms with van der Waals surface area (Å²) in [7, 11) is 0. The number of rotatable bonds is 6. The van der Waals surface area contributed by atoms with Crippen LogP contribution in [-0.2, 0) is 9.59 Å². The molecule has 2 N–H and O–H groups in total. The molecule has 0 amide bonds. The zero-order chi connectivity index (χ0) is 18.3. The molecule has 0 saturated carbocycles. The number of para-hydroxylation sites is 2. The molecule has 0 aliphatic rings. The maximum atomic E-state index is 11.4. The molecule has 0 unspecified atom stereocenters. The summed E-state index contributed by atoms with van der Waals surface area (Å²) in [5.74, 6) is -0.857. The molecule has 1 rings (SSSR count). The van der Waals surface area contributed by atoms with Crippen molar-refractivity contribution >= 4 is 35.4 Å². The average molecular weight is 328 g/mol. The molecule has 0 heterocycles. The van der Waals surface area contributed by atoms with Crippen LogP contribution in [0.4, 0.5) is 11.4 Å². The summed E-state index contributed by atoms with van der Waals surface area (Å²) in [4.78, 5) is 31.2. The van der Waals surface area contributed by atoms with Crippen molar-refractivity contribution in [1.29, 1.82) is 0 Å². The summed E-state index contributed by atoms with van der Waals surface area (Å²) < 4.78 is 0. The van der Waals surface area contributed by atoms with E-state index in [1.54, 1.807) is 24.3 Å². The molecule has 0 radical (unpaired) electrons. The van der Waals surface area contributed by atoms with Crippen molar-refractivity contribution in [3.63, 3.8) is 0 Å². The van der Waals surface area contributed by atoms with Gasteiger partial charge in [0.25, 0.3) is 0 Å². The molecule has 6 nitrogen and oxygen atoms in total. The Kier molecular flexibility index (Phi) is 6.79. The van der Waals surface area contributed by atoms with Crippen LogP contribution in [0.3, 0.4) is 0 Å². The summed E-state index contributed by atoms with van der Waals surface area (Å²) in [5.41, 5.74) is 1.10. The van der Waals surface area contributed by atoms with Gasteiger partial charge in [0.1, 0.15) is 11.5 Å². The molecule has 0 bridgehead atoms. The molecule has 0 fully saturated rings. The van der Waals surface area contributed by atoms with Gasteiger partial charge < -0.3 is 10.2 Å². The van der Waals surface area contributed by atoms with Crippen LogP contribution in [0, 0.1) is 0 Å². The highest BCUT2D eigenvalue weighted by atomic mass is 16.3. The van der Waals surface area contributed by atoms with E-state index < -0.39 is 0 Å². The van der Waals surface area contributed by atoms with Gasteiger partial charge in [-0.25, -0.2) is 0 Å². The first-order valence-corrected chi connectivity index (χ1v) is 7.22. The number of aliphatic hydroxyl groups is 2. The second kappa shape index (κ2) is 8.57. The Morgan fingerprint density at radius 1 is 0.792 bits per heavy atom. The molecule has 0 aliphatic carbocycles. The van der Waals surface area contributed by atoms with Crippen LogP contribution in [0.15, 0.2) is 56.9 Å². The van der Waals surface area contributed by atoms with E-state index in [4.69, 9.17) is 0 Å². The predicted molar refractivity (Wildman–Crippen MR) is 94.8 cm³/mol. The summed E-state index contributed by atoms with van der Waals surface area (Å²) in [6, 6.07) is 6.84. The molecule has 0 aromatic heterocycles. The van der Waals surface area contributed by atoms with Crippen molar-refractivity contribution in [2.24, 2.45) is 9.98 Å². The van der Waals surface area contributed by atoms with Crippen molar-refractivity contribution in [3.05, 3.63) is 46.9 Å². The molecule has 126 valence electrons. The number of hydrogen-bond acceptors (Lipinski definition) is 6. The van der Waals surface area contributed by atoms with E-state index in [-0.39, 0.29) is 34.2 Å². The van der Waals surface area contributed by atoms with Crippen molar-refractivity contribution in [2.45, 2.75) is 27.7 Å². The lowest BCUT2D eigenvalue weighted by atomic mass is 10.1. The van der Waals surface area contributed by atoms with Crippen molar-refractivity contribution in [2.75, 3.05) is 0 Å². The Balaban J connectivity index is 3.23. The van der Waals surface area contributed by atoms with Crippen molar-refractivity contribution < 1.29 is 19.8 Å². The molecule has 1 aromatic carbocycles. The van der Waals surface area contributed by atoms with Crippen molar-refractivity contribution in [1.82, 2.24) is 0 Å². The van der Waals surface area contributed by atoms with Gasteiger partial charge in [0.15, 0.2) is 11.6 Å². The Morgan fingerprint density at radius 3 is 1.38 bits per heavy atom. The maximum Gasteiger partial charge on any atom is 0.164 e. The van der Waals surface area contributed by atoms with Crippen LogP contribution in [0.25, 0.3) is 0 Å². The normalized spacial score (nSPS) is 13.8. The summed E-state index contributed by atoms with van der Waals surface area (Å²) in [6.45, 7) is 5.47. The zero-order valence-corrected chi connectivity index (χ0v) is 14.1. The van der Waals surface area contributed by atoms with E-state index in [9.17, 15) is 19.8 Å². The minimum absolute atomic E-state index is 0.101. The number of hydrogen-bond donors (Lipinski definition) is 2. The fraction of sp³-hybridized carbons (Fsp3) is 0.222. The third-order valence-corrected chi connectivity index (χ3v) is 3.09. The quantitative estimate of drug-likeness (QED) is 0.469. The second-order valence-electron chi connectivity index (χ2n) is 5.12. The van der Waals surface area contributed by atoms with Gasteiger partial charge in [-0.1, -0.05) is 12.1 Å². The van der Waals surface area contributed by atoms with Crippen LogP contribution in [0.1, 0.15) is 27.7 Å². The maximum absolute atomic E-state index is 11.4. The highest BCUT2D eigenvalue weighted by Crippen LogP contribution is 2.27.